The lowest BCUT2D eigenvalue weighted by atomic mass is 9.80. The van der Waals surface area contributed by atoms with Crippen molar-refractivity contribution in [2.75, 3.05) is 27.2 Å². The van der Waals surface area contributed by atoms with Crippen molar-refractivity contribution in [3.05, 3.63) is 91.0 Å². The molecular formula is C56H72O8. The van der Waals surface area contributed by atoms with Gasteiger partial charge in [0, 0.05) is 94.5 Å². The van der Waals surface area contributed by atoms with E-state index in [1.165, 1.54) is 144 Å². The van der Waals surface area contributed by atoms with E-state index in [9.17, 15) is 0 Å². The number of ether oxygens (including phenoxy) is 8. The summed E-state index contributed by atoms with van der Waals surface area (Å²) in [4.78, 5) is 0. The molecule has 4 aliphatic heterocycles. The number of hydrogen-bond acceptors (Lipinski definition) is 8. The molecule has 4 aromatic carbocycles. The van der Waals surface area contributed by atoms with Gasteiger partial charge in [-0.3, -0.25) is 0 Å². The van der Waals surface area contributed by atoms with Crippen molar-refractivity contribution in [1.82, 2.24) is 0 Å². The topological polar surface area (TPSA) is 73.8 Å². The molecule has 0 saturated carbocycles. The van der Waals surface area contributed by atoms with Crippen LogP contribution in [0.2, 0.25) is 0 Å². The molecule has 0 amide bonds. The first-order valence-corrected chi connectivity index (χ1v) is 25.3. The third-order valence-corrected chi connectivity index (χ3v) is 14.6. The highest BCUT2D eigenvalue weighted by molar-refractivity contribution is 5.66. The Labute approximate surface area is 382 Å². The second-order valence-electron chi connectivity index (χ2n) is 18.8. The van der Waals surface area contributed by atoms with Crippen LogP contribution >= 0.6 is 0 Å². The fourth-order valence-corrected chi connectivity index (χ4v) is 11.1. The molecule has 4 heterocycles. The monoisotopic (exact) mass is 873 g/mol. The van der Waals surface area contributed by atoms with Crippen molar-refractivity contribution < 1.29 is 37.9 Å². The summed E-state index contributed by atoms with van der Waals surface area (Å²) in [5.41, 5.74) is 15.6. The molecule has 5 aliphatic rings. The van der Waals surface area contributed by atoms with Crippen LogP contribution in [0.25, 0.3) is 0 Å². The molecule has 64 heavy (non-hydrogen) atoms. The quantitative estimate of drug-likeness (QED) is 0.0716. The highest BCUT2D eigenvalue weighted by atomic mass is 16.7. The van der Waals surface area contributed by atoms with Crippen LogP contribution in [0.3, 0.4) is 0 Å². The van der Waals surface area contributed by atoms with Crippen LogP contribution in [0.15, 0.2) is 24.3 Å². The van der Waals surface area contributed by atoms with E-state index in [4.69, 9.17) is 37.9 Å². The summed E-state index contributed by atoms with van der Waals surface area (Å²) < 4.78 is 53.3. The maximum Gasteiger partial charge on any atom is 0.230 e. The Bertz CT molecular complexity index is 1840. The minimum Gasteiger partial charge on any atom is -0.457 e. The van der Waals surface area contributed by atoms with Gasteiger partial charge in [0.15, 0.2) is 0 Å². The SMILES string of the molecule is CCCCCCc1c2c3cc4c1Cc1c(cc5c(c1CCCCCC)Cc1c(cc6c(c1CCCCCC)Cc1c(cc(c(c1CCCCCC)C2)OCO3)OCO6)OCO5)OCO4. The van der Waals surface area contributed by atoms with E-state index in [0.717, 1.165) is 97.4 Å². The van der Waals surface area contributed by atoms with Crippen LogP contribution in [-0.4, -0.2) is 27.2 Å². The molecule has 1 aliphatic carbocycles. The first-order chi connectivity index (χ1) is 31.6. The molecule has 0 radical (unpaired) electrons. The summed E-state index contributed by atoms with van der Waals surface area (Å²) >= 11 is 0. The minimum atomic E-state index is 0.100. The molecule has 0 aromatic heterocycles. The zero-order chi connectivity index (χ0) is 43.8. The highest BCUT2D eigenvalue weighted by Crippen LogP contribution is 2.50. The van der Waals surface area contributed by atoms with E-state index in [1.807, 2.05) is 0 Å². The van der Waals surface area contributed by atoms with Gasteiger partial charge in [-0.25, -0.2) is 0 Å². The first-order valence-electron chi connectivity index (χ1n) is 25.3. The lowest BCUT2D eigenvalue weighted by Crippen LogP contribution is -2.22. The molecule has 4 aromatic rings. The molecule has 0 fully saturated rings. The number of rotatable bonds is 20. The molecule has 8 heteroatoms. The van der Waals surface area contributed by atoms with E-state index >= 15 is 0 Å². The lowest BCUT2D eigenvalue weighted by Gasteiger charge is -2.32. The zero-order valence-electron chi connectivity index (χ0n) is 39.4. The third kappa shape index (κ3) is 9.35. The molecule has 9 rings (SSSR count). The van der Waals surface area contributed by atoms with Gasteiger partial charge in [-0.15, -0.1) is 0 Å². The second-order valence-corrected chi connectivity index (χ2v) is 18.8. The van der Waals surface area contributed by atoms with Crippen molar-refractivity contribution in [2.24, 2.45) is 0 Å². The maximum atomic E-state index is 6.66. The summed E-state index contributed by atoms with van der Waals surface area (Å²) in [7, 11) is 0. The maximum absolute atomic E-state index is 6.66. The smallest absolute Gasteiger partial charge is 0.230 e. The standard InChI is InChI=1S/C56H72O8/c1-5-9-13-17-21-37-41-25-43-38(22-18-14-10-6-2)45-27-47-40(24-20-16-12-8-4)48-28-46-39(23-19-15-11-7-3)44-26-42(37)50-29-49(41)57-33-59-51(43)30-53(45)61-35-63-55(47)32-56(48)64-36-62-54(46)31-52(44)60-34-58-50/h29-32H,5-28,33-36H2,1-4H3. The lowest BCUT2D eigenvalue weighted by molar-refractivity contribution is 0.100. The number of benzene rings is 4. The predicted molar refractivity (Wildman–Crippen MR) is 253 cm³/mol. The molecule has 0 spiro atoms. The van der Waals surface area contributed by atoms with Crippen LogP contribution in [-0.2, 0) is 51.4 Å². The van der Waals surface area contributed by atoms with Gasteiger partial charge >= 0.3 is 0 Å². The van der Waals surface area contributed by atoms with Crippen molar-refractivity contribution in [3.63, 3.8) is 0 Å². The summed E-state index contributed by atoms with van der Waals surface area (Å²) in [6.45, 7) is 9.57. The average molecular weight is 873 g/mol. The Morgan fingerprint density at radius 2 is 0.453 bits per heavy atom. The average Bonchev–Trinajstić information content (AvgIpc) is 3.26. The first kappa shape index (κ1) is 44.5. The van der Waals surface area contributed by atoms with Gasteiger partial charge in [-0.1, -0.05) is 105 Å². The Morgan fingerprint density at radius 3 is 0.625 bits per heavy atom. The summed E-state index contributed by atoms with van der Waals surface area (Å²) in [5, 5.41) is 0. The van der Waals surface area contributed by atoms with Crippen LogP contribution in [0.4, 0.5) is 0 Å². The Morgan fingerprint density at radius 1 is 0.266 bits per heavy atom. The van der Waals surface area contributed by atoms with E-state index in [2.05, 4.69) is 52.0 Å². The van der Waals surface area contributed by atoms with Crippen molar-refractivity contribution in [1.29, 1.82) is 0 Å². The molecule has 8 bridgehead atoms. The van der Waals surface area contributed by atoms with Crippen molar-refractivity contribution in [3.8, 4) is 46.0 Å². The fourth-order valence-electron chi connectivity index (χ4n) is 11.1. The van der Waals surface area contributed by atoms with Gasteiger partial charge in [0.2, 0.25) is 27.2 Å². The molecule has 0 N–H and O–H groups in total. The second kappa shape index (κ2) is 21.1. The van der Waals surface area contributed by atoms with E-state index in [-0.39, 0.29) is 27.2 Å². The summed E-state index contributed by atoms with van der Waals surface area (Å²) in [5.74, 6) is 6.84. The van der Waals surface area contributed by atoms with Gasteiger partial charge in [-0.2, -0.15) is 0 Å². The van der Waals surface area contributed by atoms with Gasteiger partial charge in [0.1, 0.15) is 46.0 Å². The van der Waals surface area contributed by atoms with Gasteiger partial charge in [-0.05, 0) is 73.6 Å². The van der Waals surface area contributed by atoms with E-state index < -0.39 is 0 Å². The highest BCUT2D eigenvalue weighted by Gasteiger charge is 2.34. The van der Waals surface area contributed by atoms with Crippen molar-refractivity contribution >= 4 is 0 Å². The Kier molecular flexibility index (Phi) is 14.6. The largest absolute Gasteiger partial charge is 0.457 e. The normalized spacial score (nSPS) is 15.1. The molecule has 0 unspecified atom stereocenters. The predicted octanol–water partition coefficient (Wildman–Crippen LogP) is 13.8. The fraction of sp³-hybridized carbons (Fsp3) is 0.571. The number of hydrogen-bond donors (Lipinski definition) is 0. The van der Waals surface area contributed by atoms with Crippen LogP contribution in [0.5, 0.6) is 46.0 Å². The Balaban J connectivity index is 1.34. The van der Waals surface area contributed by atoms with Gasteiger partial charge in [0.05, 0.1) is 0 Å². The summed E-state index contributed by atoms with van der Waals surface area (Å²) in [6, 6.07) is 8.57. The third-order valence-electron chi connectivity index (χ3n) is 14.6. The van der Waals surface area contributed by atoms with E-state index in [0.29, 0.717) is 25.7 Å². The molecule has 0 atom stereocenters. The number of unbranched alkanes of at least 4 members (excludes halogenated alkanes) is 12. The molecule has 8 nitrogen and oxygen atoms in total. The van der Waals surface area contributed by atoms with E-state index in [1.54, 1.807) is 0 Å². The van der Waals surface area contributed by atoms with Crippen LogP contribution in [0.1, 0.15) is 197 Å². The molecule has 344 valence electrons. The minimum absolute atomic E-state index is 0.100. The van der Waals surface area contributed by atoms with Crippen LogP contribution in [0, 0.1) is 0 Å². The molecular weight excluding hydrogens is 801 g/mol. The van der Waals surface area contributed by atoms with Gasteiger partial charge in [0.25, 0.3) is 0 Å². The van der Waals surface area contributed by atoms with Gasteiger partial charge < -0.3 is 37.9 Å². The zero-order valence-corrected chi connectivity index (χ0v) is 39.4. The Hall–Kier alpha value is -4.72. The van der Waals surface area contributed by atoms with Crippen molar-refractivity contribution in [2.45, 2.75) is 182 Å². The molecule has 0 saturated heterocycles. The summed E-state index contributed by atoms with van der Waals surface area (Å²) in [6.07, 6.45) is 25.5. The van der Waals surface area contributed by atoms with Crippen LogP contribution < -0.4 is 37.9 Å².